The van der Waals surface area contributed by atoms with E-state index in [-0.39, 0.29) is 12.1 Å². The molecule has 1 atom stereocenters. The van der Waals surface area contributed by atoms with E-state index in [0.717, 1.165) is 17.9 Å². The maximum atomic E-state index is 5.84. The van der Waals surface area contributed by atoms with Gasteiger partial charge in [-0.3, -0.25) is 4.98 Å². The molecular formula is C11H18N2O. The van der Waals surface area contributed by atoms with E-state index in [9.17, 15) is 0 Å². The van der Waals surface area contributed by atoms with Crippen LogP contribution >= 0.6 is 0 Å². The number of ether oxygens (including phenoxy) is 1. The van der Waals surface area contributed by atoms with Gasteiger partial charge < -0.3 is 10.5 Å². The first-order valence-corrected chi connectivity index (χ1v) is 5.01. The highest BCUT2D eigenvalue weighted by molar-refractivity contribution is 5.21. The van der Waals surface area contributed by atoms with Gasteiger partial charge in [0.25, 0.3) is 0 Å². The molecule has 1 unspecified atom stereocenters. The summed E-state index contributed by atoms with van der Waals surface area (Å²) in [6.45, 7) is 6.03. The van der Waals surface area contributed by atoms with Crippen LogP contribution in [0, 0.1) is 0 Å². The molecule has 0 spiro atoms. The lowest BCUT2D eigenvalue weighted by Gasteiger charge is -2.11. The van der Waals surface area contributed by atoms with E-state index in [1.807, 2.05) is 32.9 Å². The molecule has 1 aromatic heterocycles. The maximum absolute atomic E-state index is 5.84. The van der Waals surface area contributed by atoms with Crippen molar-refractivity contribution < 1.29 is 4.74 Å². The van der Waals surface area contributed by atoms with Crippen molar-refractivity contribution in [1.29, 1.82) is 0 Å². The van der Waals surface area contributed by atoms with Crippen LogP contribution in [0.3, 0.4) is 0 Å². The molecular weight excluding hydrogens is 176 g/mol. The molecule has 3 nitrogen and oxygen atoms in total. The Morgan fingerprint density at radius 3 is 2.57 bits per heavy atom. The topological polar surface area (TPSA) is 48.1 Å². The third kappa shape index (κ3) is 3.00. The average Bonchev–Trinajstić information content (AvgIpc) is 2.17. The monoisotopic (exact) mass is 194 g/mol. The van der Waals surface area contributed by atoms with Crippen LogP contribution in [0.2, 0.25) is 0 Å². The molecule has 0 aliphatic carbocycles. The van der Waals surface area contributed by atoms with Crippen molar-refractivity contribution in [3.63, 3.8) is 0 Å². The Morgan fingerprint density at radius 2 is 2.14 bits per heavy atom. The van der Waals surface area contributed by atoms with Crippen LogP contribution < -0.4 is 10.5 Å². The largest absolute Gasteiger partial charge is 0.489 e. The number of hydrogen-bond acceptors (Lipinski definition) is 3. The number of nitrogens with zero attached hydrogens (tertiary/aromatic N) is 1. The summed E-state index contributed by atoms with van der Waals surface area (Å²) >= 11 is 0. The summed E-state index contributed by atoms with van der Waals surface area (Å²) in [7, 11) is 0. The van der Waals surface area contributed by atoms with Crippen molar-refractivity contribution in [2.75, 3.05) is 0 Å². The fourth-order valence-electron chi connectivity index (χ4n) is 1.16. The van der Waals surface area contributed by atoms with Crippen molar-refractivity contribution in [2.24, 2.45) is 5.73 Å². The zero-order valence-electron chi connectivity index (χ0n) is 9.03. The zero-order valence-corrected chi connectivity index (χ0v) is 9.03. The molecule has 1 aromatic rings. The quantitative estimate of drug-likeness (QED) is 0.800. The van der Waals surface area contributed by atoms with Gasteiger partial charge in [0.2, 0.25) is 0 Å². The van der Waals surface area contributed by atoms with Crippen LogP contribution in [-0.4, -0.2) is 11.1 Å². The van der Waals surface area contributed by atoms with E-state index in [1.54, 1.807) is 6.20 Å². The van der Waals surface area contributed by atoms with Gasteiger partial charge in [0.05, 0.1) is 18.0 Å². The summed E-state index contributed by atoms with van der Waals surface area (Å²) in [5.41, 5.74) is 6.76. The summed E-state index contributed by atoms with van der Waals surface area (Å²) in [6, 6.07) is 3.87. The first kappa shape index (κ1) is 11.0. The standard InChI is InChI=1S/C11H18N2O/c1-4-10(12)11-6-5-9(7-13-11)14-8(2)3/h5-8,10H,4,12H2,1-3H3. The molecule has 0 fully saturated rings. The predicted octanol–water partition coefficient (Wildman–Crippen LogP) is 2.28. The first-order valence-electron chi connectivity index (χ1n) is 5.01. The molecule has 0 aromatic carbocycles. The lowest BCUT2D eigenvalue weighted by Crippen LogP contribution is -2.11. The third-order valence-corrected chi connectivity index (χ3v) is 1.95. The smallest absolute Gasteiger partial charge is 0.137 e. The SMILES string of the molecule is CCC(N)c1ccc(OC(C)C)cn1. The summed E-state index contributed by atoms with van der Waals surface area (Å²) < 4.78 is 5.48. The van der Waals surface area contributed by atoms with Gasteiger partial charge >= 0.3 is 0 Å². The van der Waals surface area contributed by atoms with Gasteiger partial charge in [-0.1, -0.05) is 6.92 Å². The van der Waals surface area contributed by atoms with Gasteiger partial charge in [-0.15, -0.1) is 0 Å². The van der Waals surface area contributed by atoms with E-state index >= 15 is 0 Å². The Labute approximate surface area is 85.3 Å². The minimum Gasteiger partial charge on any atom is -0.489 e. The highest BCUT2D eigenvalue weighted by atomic mass is 16.5. The molecule has 0 aliphatic rings. The van der Waals surface area contributed by atoms with Crippen LogP contribution in [-0.2, 0) is 0 Å². The van der Waals surface area contributed by atoms with E-state index in [2.05, 4.69) is 4.98 Å². The molecule has 0 amide bonds. The van der Waals surface area contributed by atoms with Crippen molar-refractivity contribution in [1.82, 2.24) is 4.98 Å². The summed E-state index contributed by atoms with van der Waals surface area (Å²) in [4.78, 5) is 4.25. The fourth-order valence-corrected chi connectivity index (χ4v) is 1.16. The average molecular weight is 194 g/mol. The lowest BCUT2D eigenvalue weighted by molar-refractivity contribution is 0.241. The Balaban J connectivity index is 2.68. The van der Waals surface area contributed by atoms with Gasteiger partial charge in [-0.25, -0.2) is 0 Å². The van der Waals surface area contributed by atoms with Gasteiger partial charge in [-0.2, -0.15) is 0 Å². The Bertz CT molecular complexity index is 269. The van der Waals surface area contributed by atoms with Crippen molar-refractivity contribution >= 4 is 0 Å². The van der Waals surface area contributed by atoms with Crippen molar-refractivity contribution in [3.05, 3.63) is 24.0 Å². The minimum atomic E-state index is 0.0306. The molecule has 2 N–H and O–H groups in total. The highest BCUT2D eigenvalue weighted by Gasteiger charge is 2.05. The number of hydrogen-bond donors (Lipinski definition) is 1. The first-order chi connectivity index (χ1) is 6.63. The van der Waals surface area contributed by atoms with Crippen LogP contribution in [0.4, 0.5) is 0 Å². The van der Waals surface area contributed by atoms with Gasteiger partial charge in [0.15, 0.2) is 0 Å². The third-order valence-electron chi connectivity index (χ3n) is 1.95. The Hall–Kier alpha value is -1.09. The second kappa shape index (κ2) is 4.96. The zero-order chi connectivity index (χ0) is 10.6. The molecule has 0 saturated heterocycles. The molecule has 78 valence electrons. The molecule has 1 rings (SSSR count). The van der Waals surface area contributed by atoms with Crippen molar-refractivity contribution in [3.8, 4) is 5.75 Å². The number of nitrogens with two attached hydrogens (primary N) is 1. The van der Waals surface area contributed by atoms with Gasteiger partial charge in [-0.05, 0) is 32.4 Å². The second-order valence-electron chi connectivity index (χ2n) is 3.60. The lowest BCUT2D eigenvalue weighted by atomic mass is 10.1. The number of aromatic nitrogens is 1. The van der Waals surface area contributed by atoms with Crippen molar-refractivity contribution in [2.45, 2.75) is 39.3 Å². The highest BCUT2D eigenvalue weighted by Crippen LogP contribution is 2.15. The van der Waals surface area contributed by atoms with E-state index in [0.29, 0.717) is 0 Å². The molecule has 14 heavy (non-hydrogen) atoms. The van der Waals surface area contributed by atoms with Gasteiger partial charge in [0, 0.05) is 6.04 Å². The molecule has 0 bridgehead atoms. The fraction of sp³-hybridized carbons (Fsp3) is 0.545. The molecule has 3 heteroatoms. The van der Waals surface area contributed by atoms with Crippen LogP contribution in [0.15, 0.2) is 18.3 Å². The van der Waals surface area contributed by atoms with Crippen LogP contribution in [0.5, 0.6) is 5.75 Å². The summed E-state index contributed by atoms with van der Waals surface area (Å²) in [5, 5.41) is 0. The second-order valence-corrected chi connectivity index (χ2v) is 3.60. The number of rotatable bonds is 4. The Kier molecular flexibility index (Phi) is 3.89. The van der Waals surface area contributed by atoms with E-state index in [4.69, 9.17) is 10.5 Å². The van der Waals surface area contributed by atoms with Gasteiger partial charge in [0.1, 0.15) is 5.75 Å². The molecule has 0 saturated carbocycles. The minimum absolute atomic E-state index is 0.0306. The summed E-state index contributed by atoms with van der Waals surface area (Å²) in [5.74, 6) is 0.798. The van der Waals surface area contributed by atoms with E-state index < -0.39 is 0 Å². The molecule has 0 aliphatic heterocycles. The number of pyridine rings is 1. The van der Waals surface area contributed by atoms with Crippen LogP contribution in [0.1, 0.15) is 38.9 Å². The normalized spacial score (nSPS) is 12.9. The van der Waals surface area contributed by atoms with Crippen LogP contribution in [0.25, 0.3) is 0 Å². The molecule has 0 radical (unpaired) electrons. The summed E-state index contributed by atoms with van der Waals surface area (Å²) in [6.07, 6.45) is 2.81. The Morgan fingerprint density at radius 1 is 1.43 bits per heavy atom. The maximum Gasteiger partial charge on any atom is 0.137 e. The molecule has 1 heterocycles. The predicted molar refractivity (Wildman–Crippen MR) is 57.2 cm³/mol. The van der Waals surface area contributed by atoms with E-state index in [1.165, 1.54) is 0 Å².